The van der Waals surface area contributed by atoms with E-state index in [4.69, 9.17) is 16.3 Å². The quantitative estimate of drug-likeness (QED) is 0.783. The predicted octanol–water partition coefficient (Wildman–Crippen LogP) is 4.18. The lowest BCUT2D eigenvalue weighted by Crippen LogP contribution is -2.38. The first-order valence-electron chi connectivity index (χ1n) is 8.17. The summed E-state index contributed by atoms with van der Waals surface area (Å²) in [5, 5.41) is 0.635. The zero-order valence-corrected chi connectivity index (χ0v) is 14.7. The molecule has 0 saturated carbocycles. The molecule has 1 aromatic carbocycles. The van der Waals surface area contributed by atoms with Gasteiger partial charge in [-0.3, -0.25) is 0 Å². The number of halogens is 1. The van der Waals surface area contributed by atoms with Gasteiger partial charge >= 0.3 is 5.97 Å². The largest absolute Gasteiger partial charge is 0.459 e. The number of rotatable bonds is 3. The first-order chi connectivity index (χ1) is 11.5. The first-order valence-corrected chi connectivity index (χ1v) is 8.55. The Morgan fingerprint density at radius 2 is 1.92 bits per heavy atom. The molecule has 0 radical (unpaired) electrons. The lowest BCUT2D eigenvalue weighted by atomic mass is 10.1. The van der Waals surface area contributed by atoms with Gasteiger partial charge in [0, 0.05) is 32.1 Å². The maximum atomic E-state index is 12.3. The number of aromatic nitrogens is 1. The first kappa shape index (κ1) is 16.8. The number of anilines is 1. The maximum absolute atomic E-state index is 12.3. The summed E-state index contributed by atoms with van der Waals surface area (Å²) in [6.45, 7) is 5.67. The van der Waals surface area contributed by atoms with E-state index in [-0.39, 0.29) is 12.1 Å². The van der Waals surface area contributed by atoms with Crippen molar-refractivity contribution in [2.24, 2.45) is 0 Å². The second kappa shape index (κ2) is 7.22. The van der Waals surface area contributed by atoms with Crippen LogP contribution in [0.3, 0.4) is 0 Å². The number of piperidine rings is 1. The highest BCUT2D eigenvalue weighted by atomic mass is 35.5. The summed E-state index contributed by atoms with van der Waals surface area (Å²) >= 11 is 5.87. The van der Waals surface area contributed by atoms with Crippen molar-refractivity contribution in [2.75, 3.05) is 18.0 Å². The van der Waals surface area contributed by atoms with Crippen molar-refractivity contribution in [2.45, 2.75) is 32.8 Å². The molecular formula is C19H21ClN2O2. The average Bonchev–Trinajstić information content (AvgIpc) is 2.59. The van der Waals surface area contributed by atoms with Crippen LogP contribution in [0.4, 0.5) is 5.82 Å². The highest BCUT2D eigenvalue weighted by Gasteiger charge is 2.23. The lowest BCUT2D eigenvalue weighted by Gasteiger charge is -2.32. The fourth-order valence-corrected chi connectivity index (χ4v) is 2.96. The number of benzene rings is 1. The van der Waals surface area contributed by atoms with Crippen molar-refractivity contribution in [1.82, 2.24) is 4.98 Å². The normalized spacial score (nSPS) is 15.4. The fourth-order valence-electron chi connectivity index (χ4n) is 2.85. The van der Waals surface area contributed by atoms with Crippen LogP contribution in [0.15, 0.2) is 36.5 Å². The lowest BCUT2D eigenvalue weighted by molar-refractivity contribution is 0.0244. The molecule has 0 amide bonds. The molecule has 1 aliphatic rings. The number of esters is 1. The molecule has 0 atom stereocenters. The van der Waals surface area contributed by atoms with Crippen LogP contribution in [-0.4, -0.2) is 30.1 Å². The van der Waals surface area contributed by atoms with Crippen LogP contribution >= 0.6 is 11.6 Å². The Hall–Kier alpha value is -2.07. The van der Waals surface area contributed by atoms with Crippen molar-refractivity contribution >= 4 is 23.4 Å². The SMILES string of the molecule is Cc1ccc(C(=O)OC2CCN(c3ccc(Cl)cn3)CC2)cc1C. The van der Waals surface area contributed by atoms with Crippen LogP contribution in [0.25, 0.3) is 0 Å². The molecule has 0 N–H and O–H groups in total. The molecule has 126 valence electrons. The van der Waals surface area contributed by atoms with Gasteiger partial charge in [-0.05, 0) is 49.2 Å². The molecule has 24 heavy (non-hydrogen) atoms. The van der Waals surface area contributed by atoms with Gasteiger partial charge in [-0.15, -0.1) is 0 Å². The van der Waals surface area contributed by atoms with E-state index in [1.54, 1.807) is 6.20 Å². The number of ether oxygens (including phenoxy) is 1. The van der Waals surface area contributed by atoms with E-state index in [1.165, 1.54) is 5.56 Å². The van der Waals surface area contributed by atoms with Crippen LogP contribution < -0.4 is 4.90 Å². The molecule has 2 aromatic rings. The van der Waals surface area contributed by atoms with Gasteiger partial charge in [-0.1, -0.05) is 17.7 Å². The van der Waals surface area contributed by atoms with Gasteiger partial charge in [0.15, 0.2) is 0 Å². The number of pyridine rings is 1. The van der Waals surface area contributed by atoms with Crippen molar-refractivity contribution in [3.63, 3.8) is 0 Å². The average molecular weight is 345 g/mol. The van der Waals surface area contributed by atoms with Gasteiger partial charge in [0.2, 0.25) is 0 Å². The molecular weight excluding hydrogens is 324 g/mol. The number of hydrogen-bond donors (Lipinski definition) is 0. The van der Waals surface area contributed by atoms with Crippen molar-refractivity contribution in [3.8, 4) is 0 Å². The number of carbonyl (C=O) groups is 1. The topological polar surface area (TPSA) is 42.4 Å². The predicted molar refractivity (Wildman–Crippen MR) is 95.8 cm³/mol. The molecule has 5 heteroatoms. The summed E-state index contributed by atoms with van der Waals surface area (Å²) in [6.07, 6.45) is 3.23. The summed E-state index contributed by atoms with van der Waals surface area (Å²) in [4.78, 5) is 18.8. The van der Waals surface area contributed by atoms with Gasteiger partial charge in [0.05, 0.1) is 10.6 Å². The summed E-state index contributed by atoms with van der Waals surface area (Å²) in [5.74, 6) is 0.680. The number of nitrogens with zero attached hydrogens (tertiary/aromatic N) is 2. The van der Waals surface area contributed by atoms with E-state index in [0.717, 1.165) is 37.3 Å². The standard InChI is InChI=1S/C19H21ClN2O2/c1-13-3-4-15(11-14(13)2)19(23)24-17-7-9-22(10-8-17)18-6-5-16(20)12-21-18/h3-6,11-12,17H,7-10H2,1-2H3. The van der Waals surface area contributed by atoms with Crippen molar-refractivity contribution in [1.29, 1.82) is 0 Å². The Morgan fingerprint density at radius 3 is 2.54 bits per heavy atom. The summed E-state index contributed by atoms with van der Waals surface area (Å²) in [6, 6.07) is 9.45. The molecule has 4 nitrogen and oxygen atoms in total. The monoisotopic (exact) mass is 344 g/mol. The number of carbonyl (C=O) groups excluding carboxylic acids is 1. The van der Waals surface area contributed by atoms with E-state index in [1.807, 2.05) is 44.2 Å². The Bertz CT molecular complexity index is 723. The van der Waals surface area contributed by atoms with Gasteiger partial charge in [-0.2, -0.15) is 0 Å². The highest BCUT2D eigenvalue weighted by Crippen LogP contribution is 2.22. The van der Waals surface area contributed by atoms with Crippen molar-refractivity contribution in [3.05, 3.63) is 58.2 Å². The molecule has 1 fully saturated rings. The van der Waals surface area contributed by atoms with Crippen LogP contribution in [0, 0.1) is 13.8 Å². The molecule has 1 saturated heterocycles. The van der Waals surface area contributed by atoms with E-state index in [9.17, 15) is 4.79 Å². The summed E-state index contributed by atoms with van der Waals surface area (Å²) < 4.78 is 5.67. The number of hydrogen-bond acceptors (Lipinski definition) is 4. The molecule has 1 aliphatic heterocycles. The maximum Gasteiger partial charge on any atom is 0.338 e. The molecule has 3 rings (SSSR count). The van der Waals surface area contributed by atoms with E-state index < -0.39 is 0 Å². The second-order valence-corrected chi connectivity index (χ2v) is 6.66. The molecule has 0 unspecified atom stereocenters. The zero-order chi connectivity index (χ0) is 17.1. The minimum Gasteiger partial charge on any atom is -0.459 e. The highest BCUT2D eigenvalue weighted by molar-refractivity contribution is 6.30. The molecule has 0 bridgehead atoms. The van der Waals surface area contributed by atoms with Crippen LogP contribution in [0.2, 0.25) is 5.02 Å². The van der Waals surface area contributed by atoms with E-state index >= 15 is 0 Å². The third kappa shape index (κ3) is 3.88. The third-order valence-corrected chi connectivity index (χ3v) is 4.72. The van der Waals surface area contributed by atoms with E-state index in [0.29, 0.717) is 10.6 Å². The smallest absolute Gasteiger partial charge is 0.338 e. The zero-order valence-electron chi connectivity index (χ0n) is 14.0. The Morgan fingerprint density at radius 1 is 1.17 bits per heavy atom. The summed E-state index contributed by atoms with van der Waals surface area (Å²) in [5.41, 5.74) is 2.91. The second-order valence-electron chi connectivity index (χ2n) is 6.23. The van der Waals surface area contributed by atoms with Gasteiger partial charge in [0.25, 0.3) is 0 Å². The molecule has 1 aromatic heterocycles. The molecule has 2 heterocycles. The van der Waals surface area contributed by atoms with Crippen molar-refractivity contribution < 1.29 is 9.53 Å². The van der Waals surface area contributed by atoms with Crippen LogP contribution in [-0.2, 0) is 4.74 Å². The Kier molecular flexibility index (Phi) is 5.05. The van der Waals surface area contributed by atoms with E-state index in [2.05, 4.69) is 9.88 Å². The summed E-state index contributed by atoms with van der Waals surface area (Å²) in [7, 11) is 0. The molecule has 0 spiro atoms. The number of aryl methyl sites for hydroxylation is 2. The van der Waals surface area contributed by atoms with Gasteiger partial charge < -0.3 is 9.64 Å². The minimum absolute atomic E-state index is 0.0392. The minimum atomic E-state index is -0.235. The molecule has 0 aliphatic carbocycles. The Balaban J connectivity index is 1.56. The van der Waals surface area contributed by atoms with Crippen LogP contribution in [0.1, 0.15) is 34.3 Å². The van der Waals surface area contributed by atoms with Crippen LogP contribution in [0.5, 0.6) is 0 Å². The fraction of sp³-hybridized carbons (Fsp3) is 0.368. The van der Waals surface area contributed by atoms with Gasteiger partial charge in [-0.25, -0.2) is 9.78 Å². The third-order valence-electron chi connectivity index (χ3n) is 4.49. The van der Waals surface area contributed by atoms with Gasteiger partial charge in [0.1, 0.15) is 11.9 Å². The Labute approximate surface area is 147 Å².